The third kappa shape index (κ3) is 3.29. The van der Waals surface area contributed by atoms with Crippen molar-refractivity contribution >= 4 is 5.91 Å². The fourth-order valence-electron chi connectivity index (χ4n) is 3.14. The van der Waals surface area contributed by atoms with Gasteiger partial charge in [0, 0.05) is 37.8 Å². The van der Waals surface area contributed by atoms with Gasteiger partial charge >= 0.3 is 0 Å². The Labute approximate surface area is 135 Å². The van der Waals surface area contributed by atoms with Crippen LogP contribution in [-0.2, 0) is 11.2 Å². The smallest absolute Gasteiger partial charge is 0.228 e. The van der Waals surface area contributed by atoms with Crippen LogP contribution in [0.15, 0.2) is 41.0 Å². The van der Waals surface area contributed by atoms with E-state index in [-0.39, 0.29) is 5.91 Å². The van der Waals surface area contributed by atoms with Gasteiger partial charge in [0.05, 0.1) is 12.1 Å². The van der Waals surface area contributed by atoms with Gasteiger partial charge in [0.1, 0.15) is 6.26 Å². The van der Waals surface area contributed by atoms with Crippen molar-refractivity contribution in [1.29, 1.82) is 0 Å². The van der Waals surface area contributed by atoms with Gasteiger partial charge in [-0.15, -0.1) is 0 Å². The first-order valence-corrected chi connectivity index (χ1v) is 8.31. The van der Waals surface area contributed by atoms with E-state index in [2.05, 4.69) is 9.88 Å². The number of amides is 1. The highest BCUT2D eigenvalue weighted by atomic mass is 16.3. The van der Waals surface area contributed by atoms with Crippen LogP contribution in [0.4, 0.5) is 0 Å². The van der Waals surface area contributed by atoms with Crippen molar-refractivity contribution in [3.05, 3.63) is 42.3 Å². The summed E-state index contributed by atoms with van der Waals surface area (Å²) in [6, 6.07) is 10.5. The molecule has 1 amide bonds. The second-order valence-corrected chi connectivity index (χ2v) is 6.33. The largest absolute Gasteiger partial charge is 0.444 e. The molecule has 1 aromatic carbocycles. The fourth-order valence-corrected chi connectivity index (χ4v) is 3.14. The highest BCUT2D eigenvalue weighted by Gasteiger charge is 2.32. The van der Waals surface area contributed by atoms with Gasteiger partial charge in [-0.3, -0.25) is 9.69 Å². The van der Waals surface area contributed by atoms with Crippen LogP contribution >= 0.6 is 0 Å². The molecule has 1 saturated heterocycles. The normalized spacial score (nSPS) is 19.0. The lowest BCUT2D eigenvalue weighted by Gasteiger charge is -2.34. The van der Waals surface area contributed by atoms with Gasteiger partial charge in [0.25, 0.3) is 0 Å². The minimum Gasteiger partial charge on any atom is -0.444 e. The summed E-state index contributed by atoms with van der Waals surface area (Å²) in [4.78, 5) is 21.3. The molecule has 0 unspecified atom stereocenters. The molecule has 1 aromatic heterocycles. The van der Waals surface area contributed by atoms with Crippen molar-refractivity contribution < 1.29 is 9.21 Å². The Kier molecular flexibility index (Phi) is 3.87. The number of nitrogens with zero attached hydrogens (tertiary/aromatic N) is 3. The standard InChI is InChI=1S/C18H21N3O2/c22-17(21-10-8-20(9-11-21)16-6-7-16)12-15-13-23-18(19-15)14-4-2-1-3-5-14/h1-5,13,16H,6-12H2. The molecule has 0 spiro atoms. The van der Waals surface area contributed by atoms with E-state index in [1.807, 2.05) is 35.2 Å². The molecule has 0 radical (unpaired) electrons. The minimum atomic E-state index is 0.147. The Morgan fingerprint density at radius 1 is 1.13 bits per heavy atom. The van der Waals surface area contributed by atoms with Crippen LogP contribution in [0.2, 0.25) is 0 Å². The van der Waals surface area contributed by atoms with E-state index in [0.717, 1.165) is 37.8 Å². The van der Waals surface area contributed by atoms with E-state index in [0.29, 0.717) is 18.0 Å². The van der Waals surface area contributed by atoms with E-state index in [9.17, 15) is 4.79 Å². The van der Waals surface area contributed by atoms with Gasteiger partial charge in [-0.1, -0.05) is 18.2 Å². The third-order valence-corrected chi connectivity index (χ3v) is 4.64. The molecule has 0 bridgehead atoms. The monoisotopic (exact) mass is 311 g/mol. The Morgan fingerprint density at radius 2 is 1.87 bits per heavy atom. The SMILES string of the molecule is O=C(Cc1coc(-c2ccccc2)n1)N1CCN(C2CC2)CC1. The molecular formula is C18H21N3O2. The molecule has 23 heavy (non-hydrogen) atoms. The molecule has 4 rings (SSSR count). The van der Waals surface area contributed by atoms with Crippen molar-refractivity contribution in [3.63, 3.8) is 0 Å². The van der Waals surface area contributed by atoms with Crippen molar-refractivity contribution in [3.8, 4) is 11.5 Å². The molecule has 5 nitrogen and oxygen atoms in total. The lowest BCUT2D eigenvalue weighted by Crippen LogP contribution is -2.49. The van der Waals surface area contributed by atoms with E-state index in [1.54, 1.807) is 6.26 Å². The summed E-state index contributed by atoms with van der Waals surface area (Å²) in [5.41, 5.74) is 1.64. The first-order valence-electron chi connectivity index (χ1n) is 8.31. The minimum absolute atomic E-state index is 0.147. The number of oxazole rings is 1. The predicted molar refractivity (Wildman–Crippen MR) is 86.8 cm³/mol. The molecule has 2 aromatic rings. The van der Waals surface area contributed by atoms with Crippen LogP contribution in [0.25, 0.3) is 11.5 Å². The topological polar surface area (TPSA) is 49.6 Å². The van der Waals surface area contributed by atoms with Crippen LogP contribution in [0, 0.1) is 0 Å². The summed E-state index contributed by atoms with van der Waals surface area (Å²) in [6.07, 6.45) is 4.57. The van der Waals surface area contributed by atoms with E-state index < -0.39 is 0 Å². The average molecular weight is 311 g/mol. The van der Waals surface area contributed by atoms with Gasteiger partial charge in [-0.25, -0.2) is 4.98 Å². The zero-order valence-corrected chi connectivity index (χ0v) is 13.1. The van der Waals surface area contributed by atoms with Crippen LogP contribution in [0.5, 0.6) is 0 Å². The zero-order valence-electron chi connectivity index (χ0n) is 13.1. The van der Waals surface area contributed by atoms with Crippen LogP contribution < -0.4 is 0 Å². The number of hydrogen-bond acceptors (Lipinski definition) is 4. The molecular weight excluding hydrogens is 290 g/mol. The van der Waals surface area contributed by atoms with Crippen LogP contribution in [-0.4, -0.2) is 52.9 Å². The van der Waals surface area contributed by atoms with Gasteiger partial charge < -0.3 is 9.32 Å². The third-order valence-electron chi connectivity index (χ3n) is 4.64. The molecule has 5 heteroatoms. The lowest BCUT2D eigenvalue weighted by molar-refractivity contribution is -0.132. The molecule has 1 aliphatic heterocycles. The van der Waals surface area contributed by atoms with Crippen molar-refractivity contribution in [2.24, 2.45) is 0 Å². The predicted octanol–water partition coefficient (Wildman–Crippen LogP) is 2.19. The van der Waals surface area contributed by atoms with E-state index in [4.69, 9.17) is 4.42 Å². The zero-order chi connectivity index (χ0) is 15.6. The summed E-state index contributed by atoms with van der Waals surface area (Å²) < 4.78 is 5.51. The lowest BCUT2D eigenvalue weighted by atomic mass is 10.2. The maximum Gasteiger partial charge on any atom is 0.228 e. The number of rotatable bonds is 4. The molecule has 0 N–H and O–H groups in total. The number of carbonyl (C=O) groups excluding carboxylic acids is 1. The average Bonchev–Trinajstić information content (AvgIpc) is 3.35. The Hall–Kier alpha value is -2.14. The number of hydrogen-bond donors (Lipinski definition) is 0. The second kappa shape index (κ2) is 6.16. The maximum absolute atomic E-state index is 12.4. The molecule has 1 saturated carbocycles. The summed E-state index contributed by atoms with van der Waals surface area (Å²) in [5.74, 6) is 0.723. The summed E-state index contributed by atoms with van der Waals surface area (Å²) in [7, 11) is 0. The molecule has 120 valence electrons. The Balaban J connectivity index is 1.35. The quantitative estimate of drug-likeness (QED) is 0.868. The number of aromatic nitrogens is 1. The van der Waals surface area contributed by atoms with Crippen LogP contribution in [0.3, 0.4) is 0 Å². The molecule has 2 aliphatic rings. The number of piperazine rings is 1. The van der Waals surface area contributed by atoms with Crippen molar-refractivity contribution in [2.45, 2.75) is 25.3 Å². The fraction of sp³-hybridized carbons (Fsp3) is 0.444. The molecule has 1 aliphatic carbocycles. The van der Waals surface area contributed by atoms with E-state index in [1.165, 1.54) is 12.8 Å². The Bertz CT molecular complexity index is 671. The molecule has 0 atom stereocenters. The van der Waals surface area contributed by atoms with Crippen molar-refractivity contribution in [1.82, 2.24) is 14.8 Å². The maximum atomic E-state index is 12.4. The van der Waals surface area contributed by atoms with Gasteiger partial charge in [0.15, 0.2) is 0 Å². The van der Waals surface area contributed by atoms with E-state index >= 15 is 0 Å². The number of carbonyl (C=O) groups is 1. The summed E-state index contributed by atoms with van der Waals surface area (Å²) in [5, 5.41) is 0. The number of benzene rings is 1. The highest BCUT2D eigenvalue weighted by molar-refractivity contribution is 5.78. The summed E-state index contributed by atoms with van der Waals surface area (Å²) in [6.45, 7) is 3.67. The Morgan fingerprint density at radius 3 is 2.57 bits per heavy atom. The molecule has 2 fully saturated rings. The highest BCUT2D eigenvalue weighted by Crippen LogP contribution is 2.27. The molecule has 2 heterocycles. The second-order valence-electron chi connectivity index (χ2n) is 6.33. The first kappa shape index (κ1) is 14.5. The van der Waals surface area contributed by atoms with Gasteiger partial charge in [-0.2, -0.15) is 0 Å². The van der Waals surface area contributed by atoms with Crippen LogP contribution in [0.1, 0.15) is 18.5 Å². The van der Waals surface area contributed by atoms with Gasteiger partial charge in [-0.05, 0) is 25.0 Å². The first-order chi connectivity index (χ1) is 11.3. The van der Waals surface area contributed by atoms with Gasteiger partial charge in [0.2, 0.25) is 11.8 Å². The summed E-state index contributed by atoms with van der Waals surface area (Å²) >= 11 is 0. The van der Waals surface area contributed by atoms with Crippen molar-refractivity contribution in [2.75, 3.05) is 26.2 Å².